The number of nitrogens with zero attached hydrogens (tertiary/aromatic N) is 2. The van der Waals surface area contributed by atoms with Crippen molar-refractivity contribution >= 4 is 29.1 Å². The van der Waals surface area contributed by atoms with Gasteiger partial charge in [0.25, 0.3) is 5.91 Å². The molecule has 5 rings (SSSR count). The summed E-state index contributed by atoms with van der Waals surface area (Å²) in [5.41, 5.74) is 0.423. The van der Waals surface area contributed by atoms with Crippen LogP contribution >= 0.6 is 23.2 Å². The van der Waals surface area contributed by atoms with Gasteiger partial charge in [-0.2, -0.15) is 5.26 Å². The molecule has 2 aliphatic rings. The van der Waals surface area contributed by atoms with Crippen LogP contribution in [-0.4, -0.2) is 22.5 Å². The Hall–Kier alpha value is -2.88. The normalized spacial score (nSPS) is 20.2. The van der Waals surface area contributed by atoms with Gasteiger partial charge in [0.2, 0.25) is 0 Å². The van der Waals surface area contributed by atoms with Gasteiger partial charge in [-0.15, -0.1) is 0 Å². The maximum atomic E-state index is 14.1. The number of rotatable bonds is 7. The second kappa shape index (κ2) is 8.90. The number of hydrogen-bond acceptors (Lipinski definition) is 4. The largest absolute Gasteiger partial charge is 0.386 e. The second-order valence-electron chi connectivity index (χ2n) is 10.2. The lowest BCUT2D eigenvalue weighted by Crippen LogP contribution is -2.47. The summed E-state index contributed by atoms with van der Waals surface area (Å²) in [5, 5.41) is 21.6. The Balaban J connectivity index is 1.71. The molecule has 36 heavy (non-hydrogen) atoms. The first kappa shape index (κ1) is 24.8. The number of ether oxygens (including phenoxy) is 1. The van der Waals surface area contributed by atoms with E-state index in [2.05, 4.69) is 6.07 Å². The number of amides is 1. The average molecular weight is 521 g/mol. The van der Waals surface area contributed by atoms with E-state index in [1.165, 1.54) is 0 Å². The van der Waals surface area contributed by atoms with E-state index in [-0.39, 0.29) is 19.1 Å². The molecular formula is C29H26Cl2N2O3. The molecule has 1 heterocycles. The van der Waals surface area contributed by atoms with Gasteiger partial charge in [-0.05, 0) is 68.1 Å². The van der Waals surface area contributed by atoms with Crippen molar-refractivity contribution < 1.29 is 14.6 Å². The number of carbonyl (C=O) groups is 1. The predicted molar refractivity (Wildman–Crippen MR) is 138 cm³/mol. The van der Waals surface area contributed by atoms with E-state index in [1.54, 1.807) is 49.1 Å². The van der Waals surface area contributed by atoms with Crippen molar-refractivity contribution in [2.75, 3.05) is 6.61 Å². The van der Waals surface area contributed by atoms with Crippen molar-refractivity contribution in [3.63, 3.8) is 0 Å². The van der Waals surface area contributed by atoms with Gasteiger partial charge < -0.3 is 9.84 Å². The van der Waals surface area contributed by atoms with Gasteiger partial charge in [0.05, 0.1) is 23.7 Å². The molecule has 1 fully saturated rings. The standard InChI is InChI=1S/C29H26Cl2N2O3/c1-27(2,35)21-7-12-25-24(15-21)26(34)33(16-19-3-8-22(30)9-4-19)29(25,20-5-10-23(31)11-6-20)36-18-28(17-32)13-14-28/h3-12,15,35H,13-14,16,18H2,1-2H3/t29-/m1/s1. The molecule has 0 aromatic heterocycles. The summed E-state index contributed by atoms with van der Waals surface area (Å²) in [6.07, 6.45) is 1.52. The Morgan fingerprint density at radius 2 is 1.64 bits per heavy atom. The van der Waals surface area contributed by atoms with Crippen LogP contribution in [-0.2, 0) is 22.6 Å². The van der Waals surface area contributed by atoms with E-state index >= 15 is 0 Å². The first-order valence-corrected chi connectivity index (χ1v) is 12.6. The molecule has 5 nitrogen and oxygen atoms in total. The van der Waals surface area contributed by atoms with Crippen LogP contribution in [0.2, 0.25) is 10.0 Å². The van der Waals surface area contributed by atoms with Crippen molar-refractivity contribution in [2.24, 2.45) is 5.41 Å². The minimum Gasteiger partial charge on any atom is -0.386 e. The summed E-state index contributed by atoms with van der Waals surface area (Å²) < 4.78 is 6.72. The minimum absolute atomic E-state index is 0.184. The number of benzene rings is 3. The lowest BCUT2D eigenvalue weighted by atomic mass is 9.89. The van der Waals surface area contributed by atoms with Gasteiger partial charge in [-0.3, -0.25) is 9.69 Å². The zero-order valence-electron chi connectivity index (χ0n) is 20.1. The topological polar surface area (TPSA) is 73.6 Å². The molecule has 1 atom stereocenters. The van der Waals surface area contributed by atoms with E-state index < -0.39 is 16.7 Å². The molecule has 1 aliphatic heterocycles. The Labute approximate surface area is 220 Å². The van der Waals surface area contributed by atoms with Crippen LogP contribution in [0.15, 0.2) is 66.7 Å². The predicted octanol–water partition coefficient (Wildman–Crippen LogP) is 6.40. The Kier molecular flexibility index (Phi) is 6.13. The zero-order chi connectivity index (χ0) is 25.7. The van der Waals surface area contributed by atoms with Crippen molar-refractivity contribution in [2.45, 2.75) is 44.6 Å². The van der Waals surface area contributed by atoms with Gasteiger partial charge in [-0.25, -0.2) is 0 Å². The number of halogens is 2. The van der Waals surface area contributed by atoms with Crippen molar-refractivity contribution in [3.8, 4) is 6.07 Å². The van der Waals surface area contributed by atoms with Crippen LogP contribution in [0, 0.1) is 16.7 Å². The van der Waals surface area contributed by atoms with E-state index in [0.717, 1.165) is 24.0 Å². The molecule has 3 aromatic rings. The fourth-order valence-corrected chi connectivity index (χ4v) is 4.95. The fourth-order valence-electron chi connectivity index (χ4n) is 4.69. The molecule has 184 valence electrons. The summed E-state index contributed by atoms with van der Waals surface area (Å²) in [4.78, 5) is 15.8. The van der Waals surface area contributed by atoms with Crippen LogP contribution in [0.1, 0.15) is 59.3 Å². The van der Waals surface area contributed by atoms with Crippen LogP contribution < -0.4 is 0 Å². The molecule has 0 saturated heterocycles. The quantitative estimate of drug-likeness (QED) is 0.391. The first-order valence-electron chi connectivity index (χ1n) is 11.8. The molecule has 7 heteroatoms. The SMILES string of the molecule is CC(C)(O)c1ccc2c(c1)C(=O)N(Cc1ccc(Cl)cc1)[C@@]2(OCC1(C#N)CC1)c1ccc(Cl)cc1. The van der Waals surface area contributed by atoms with E-state index in [9.17, 15) is 15.2 Å². The monoisotopic (exact) mass is 520 g/mol. The molecule has 3 aromatic carbocycles. The smallest absolute Gasteiger partial charge is 0.257 e. The lowest BCUT2D eigenvalue weighted by molar-refractivity contribution is -0.120. The Morgan fingerprint density at radius 3 is 2.19 bits per heavy atom. The number of aliphatic hydroxyl groups is 1. The van der Waals surface area contributed by atoms with Crippen LogP contribution in [0.4, 0.5) is 0 Å². The molecule has 0 spiro atoms. The molecule has 1 saturated carbocycles. The minimum atomic E-state index is -1.28. The van der Waals surface area contributed by atoms with Crippen LogP contribution in [0.3, 0.4) is 0 Å². The van der Waals surface area contributed by atoms with Gasteiger partial charge in [0, 0.05) is 33.3 Å². The van der Waals surface area contributed by atoms with Crippen molar-refractivity contribution in [3.05, 3.63) is 105 Å². The fraction of sp³-hybridized carbons (Fsp3) is 0.310. The average Bonchev–Trinajstić information content (AvgIpc) is 3.60. The van der Waals surface area contributed by atoms with Gasteiger partial charge >= 0.3 is 0 Å². The zero-order valence-corrected chi connectivity index (χ0v) is 21.6. The van der Waals surface area contributed by atoms with Crippen molar-refractivity contribution in [1.29, 1.82) is 5.26 Å². The third kappa shape index (κ3) is 4.29. The summed E-state index contributed by atoms with van der Waals surface area (Å²) in [6.45, 7) is 3.81. The van der Waals surface area contributed by atoms with Gasteiger partial charge in [0.15, 0.2) is 5.72 Å². The molecule has 1 N–H and O–H groups in total. The summed E-state index contributed by atoms with van der Waals surface area (Å²) in [5.74, 6) is -0.220. The highest BCUT2D eigenvalue weighted by Gasteiger charge is 2.55. The summed E-state index contributed by atoms with van der Waals surface area (Å²) >= 11 is 12.3. The molecule has 0 unspecified atom stereocenters. The lowest BCUT2D eigenvalue weighted by Gasteiger charge is -2.40. The van der Waals surface area contributed by atoms with E-state index in [1.807, 2.05) is 36.4 Å². The second-order valence-corrected chi connectivity index (χ2v) is 11.0. The summed E-state index contributed by atoms with van der Waals surface area (Å²) in [7, 11) is 0. The third-order valence-corrected chi connectivity index (χ3v) is 7.59. The molecular weight excluding hydrogens is 495 g/mol. The molecule has 1 amide bonds. The highest BCUT2D eigenvalue weighted by molar-refractivity contribution is 6.30. The third-order valence-electron chi connectivity index (χ3n) is 7.08. The highest BCUT2D eigenvalue weighted by atomic mass is 35.5. The van der Waals surface area contributed by atoms with Crippen molar-refractivity contribution in [1.82, 2.24) is 4.90 Å². The number of fused-ring (bicyclic) bond motifs is 1. The number of hydrogen-bond donors (Lipinski definition) is 1. The number of nitriles is 1. The Morgan fingerprint density at radius 1 is 1.03 bits per heavy atom. The highest BCUT2D eigenvalue weighted by Crippen LogP contribution is 2.51. The molecule has 0 bridgehead atoms. The summed E-state index contributed by atoms with van der Waals surface area (Å²) in [6, 6.07) is 22.4. The molecule has 0 radical (unpaired) electrons. The van der Waals surface area contributed by atoms with Gasteiger partial charge in [0.1, 0.15) is 0 Å². The van der Waals surface area contributed by atoms with E-state index in [0.29, 0.717) is 26.7 Å². The maximum Gasteiger partial charge on any atom is 0.257 e. The van der Waals surface area contributed by atoms with E-state index in [4.69, 9.17) is 27.9 Å². The molecule has 1 aliphatic carbocycles. The number of carbonyl (C=O) groups excluding carboxylic acids is 1. The van der Waals surface area contributed by atoms with Crippen LogP contribution in [0.25, 0.3) is 0 Å². The van der Waals surface area contributed by atoms with Crippen LogP contribution in [0.5, 0.6) is 0 Å². The van der Waals surface area contributed by atoms with Gasteiger partial charge in [-0.1, -0.05) is 59.6 Å². The maximum absolute atomic E-state index is 14.1. The first-order chi connectivity index (χ1) is 17.1. The Bertz CT molecular complexity index is 1350.